The van der Waals surface area contributed by atoms with E-state index < -0.39 is 0 Å². The van der Waals surface area contributed by atoms with Gasteiger partial charge in [-0.3, -0.25) is 14.5 Å². The first-order valence-electron chi connectivity index (χ1n) is 11.0. The fraction of sp³-hybridized carbons (Fsp3) is 0.185. The van der Waals surface area contributed by atoms with Crippen molar-refractivity contribution in [3.63, 3.8) is 0 Å². The minimum absolute atomic E-state index is 0.156. The van der Waals surface area contributed by atoms with Gasteiger partial charge in [-0.15, -0.1) is 0 Å². The number of methoxy groups -OCH3 is 1. The lowest BCUT2D eigenvalue weighted by Crippen LogP contribution is -2.32. The zero-order valence-electron chi connectivity index (χ0n) is 19.6. The molecule has 0 unspecified atom stereocenters. The molecule has 1 saturated heterocycles. The van der Waals surface area contributed by atoms with Crippen molar-refractivity contribution in [3.8, 4) is 17.2 Å². The molecule has 4 rings (SSSR count). The molecule has 9 heteroatoms. The Morgan fingerprint density at radius 1 is 1.06 bits per heavy atom. The zero-order valence-corrected chi connectivity index (χ0v) is 22.8. The molecule has 0 bridgehead atoms. The topological polar surface area (TPSA) is 65.1 Å². The first-order valence-corrected chi connectivity index (χ1v) is 13.0. The molecule has 3 aromatic carbocycles. The van der Waals surface area contributed by atoms with Gasteiger partial charge >= 0.3 is 0 Å². The molecule has 2 amide bonds. The molecule has 0 atom stereocenters. The minimum Gasteiger partial charge on any atom is -0.493 e. The van der Waals surface area contributed by atoms with Gasteiger partial charge in [0, 0.05) is 4.47 Å². The Kier molecular flexibility index (Phi) is 8.61. The Morgan fingerprint density at radius 3 is 2.56 bits per heavy atom. The highest BCUT2D eigenvalue weighted by Gasteiger charge is 2.35. The number of imide groups is 1. The number of benzene rings is 3. The van der Waals surface area contributed by atoms with Crippen molar-refractivity contribution >= 4 is 56.5 Å². The fourth-order valence-corrected chi connectivity index (χ4v) is 4.91. The number of ether oxygens (including phenoxy) is 3. The van der Waals surface area contributed by atoms with Crippen LogP contribution in [0, 0.1) is 6.92 Å². The van der Waals surface area contributed by atoms with Gasteiger partial charge in [0.15, 0.2) is 11.5 Å². The predicted molar refractivity (Wildman–Crippen MR) is 146 cm³/mol. The number of amides is 2. The van der Waals surface area contributed by atoms with Crippen molar-refractivity contribution in [2.45, 2.75) is 13.5 Å². The van der Waals surface area contributed by atoms with E-state index in [1.165, 1.54) is 12.0 Å². The summed E-state index contributed by atoms with van der Waals surface area (Å²) in [5.41, 5.74) is 2.66. The molecule has 0 N–H and O–H groups in total. The van der Waals surface area contributed by atoms with Crippen LogP contribution in [0.5, 0.6) is 17.2 Å². The highest BCUT2D eigenvalue weighted by Crippen LogP contribution is 2.39. The van der Waals surface area contributed by atoms with Gasteiger partial charge in [0.05, 0.1) is 23.6 Å². The average molecular weight is 589 g/mol. The van der Waals surface area contributed by atoms with Gasteiger partial charge in [-0.2, -0.15) is 0 Å². The maximum atomic E-state index is 12.9. The molecule has 1 heterocycles. The minimum atomic E-state index is -0.372. The molecule has 0 aromatic heterocycles. The molecule has 36 heavy (non-hydrogen) atoms. The van der Waals surface area contributed by atoms with Gasteiger partial charge in [0.1, 0.15) is 19.0 Å². The van der Waals surface area contributed by atoms with E-state index in [4.69, 9.17) is 25.8 Å². The van der Waals surface area contributed by atoms with Gasteiger partial charge in [0.2, 0.25) is 0 Å². The Hall–Kier alpha value is -2.94. The lowest BCUT2D eigenvalue weighted by Gasteiger charge is -2.14. The second kappa shape index (κ2) is 11.9. The van der Waals surface area contributed by atoms with Crippen LogP contribution in [0.1, 0.15) is 16.7 Å². The Labute approximate surface area is 227 Å². The summed E-state index contributed by atoms with van der Waals surface area (Å²) in [5, 5.41) is -0.00454. The van der Waals surface area contributed by atoms with Gasteiger partial charge in [0.25, 0.3) is 11.1 Å². The Morgan fingerprint density at radius 2 is 1.83 bits per heavy atom. The van der Waals surface area contributed by atoms with E-state index in [0.29, 0.717) is 39.3 Å². The number of aryl methyl sites for hydroxylation is 1. The van der Waals surface area contributed by atoms with Crippen molar-refractivity contribution < 1.29 is 23.8 Å². The molecule has 1 fully saturated rings. The van der Waals surface area contributed by atoms with Crippen LogP contribution in [-0.2, 0) is 11.4 Å². The first-order chi connectivity index (χ1) is 17.3. The summed E-state index contributed by atoms with van der Waals surface area (Å²) in [5.74, 6) is 1.16. The number of nitrogens with zero attached hydrogens (tertiary/aromatic N) is 1. The SMILES string of the molecule is COc1cc(/C=C2\SC(=O)N(CCOc3cccc(C)c3)C2=O)cc(Cl)c1OCc1ccc(Br)cc1. The molecule has 1 aliphatic rings. The lowest BCUT2D eigenvalue weighted by molar-refractivity contribution is -0.123. The fourth-order valence-electron chi connectivity index (χ4n) is 3.50. The number of hydrogen-bond acceptors (Lipinski definition) is 6. The number of carbonyl (C=O) groups excluding carboxylic acids is 2. The number of halogens is 2. The molecule has 3 aromatic rings. The van der Waals surface area contributed by atoms with E-state index >= 15 is 0 Å². The summed E-state index contributed by atoms with van der Waals surface area (Å²) < 4.78 is 18.1. The number of carbonyl (C=O) groups is 2. The van der Waals surface area contributed by atoms with Crippen molar-refractivity contribution in [1.82, 2.24) is 4.90 Å². The van der Waals surface area contributed by atoms with Crippen LogP contribution < -0.4 is 14.2 Å². The van der Waals surface area contributed by atoms with Crippen molar-refractivity contribution in [1.29, 1.82) is 0 Å². The maximum absolute atomic E-state index is 12.9. The van der Waals surface area contributed by atoms with Crippen LogP contribution in [-0.4, -0.2) is 36.3 Å². The molecule has 6 nitrogen and oxygen atoms in total. The third-order valence-corrected chi connectivity index (χ3v) is 7.01. The highest BCUT2D eigenvalue weighted by atomic mass is 79.9. The predicted octanol–water partition coefficient (Wildman–Crippen LogP) is 7.11. The third-order valence-electron chi connectivity index (χ3n) is 5.29. The van der Waals surface area contributed by atoms with E-state index in [0.717, 1.165) is 27.4 Å². The van der Waals surface area contributed by atoms with Crippen LogP contribution in [0.25, 0.3) is 6.08 Å². The van der Waals surface area contributed by atoms with Crippen LogP contribution in [0.15, 0.2) is 70.0 Å². The summed E-state index contributed by atoms with van der Waals surface area (Å²) in [4.78, 5) is 26.8. The van der Waals surface area contributed by atoms with Gasteiger partial charge in [-0.25, -0.2) is 0 Å². The van der Waals surface area contributed by atoms with Gasteiger partial charge in [-0.1, -0.05) is 51.8 Å². The van der Waals surface area contributed by atoms with Crippen molar-refractivity contribution in [2.24, 2.45) is 0 Å². The highest BCUT2D eigenvalue weighted by molar-refractivity contribution is 9.10. The average Bonchev–Trinajstić information content (AvgIpc) is 3.11. The van der Waals surface area contributed by atoms with Crippen LogP contribution in [0.3, 0.4) is 0 Å². The summed E-state index contributed by atoms with van der Waals surface area (Å²) in [6.45, 7) is 2.64. The number of hydrogen-bond donors (Lipinski definition) is 0. The van der Waals surface area contributed by atoms with Crippen molar-refractivity contribution in [3.05, 3.63) is 91.8 Å². The molecular weight excluding hydrogens is 566 g/mol. The normalized spacial score (nSPS) is 14.4. The van der Waals surface area contributed by atoms with Gasteiger partial charge < -0.3 is 14.2 Å². The number of thioether (sulfide) groups is 1. The standard InChI is InChI=1S/C27H23BrClNO5S/c1-17-4-3-5-21(12-17)34-11-10-30-26(31)24(36-27(30)32)15-19-13-22(29)25(23(14-19)33-2)35-16-18-6-8-20(28)9-7-18/h3-9,12-15H,10-11,16H2,1-2H3/b24-15-. The van der Waals surface area contributed by atoms with Gasteiger partial charge in [-0.05, 0) is 77.9 Å². The van der Waals surface area contributed by atoms with E-state index in [1.54, 1.807) is 18.2 Å². The maximum Gasteiger partial charge on any atom is 0.293 e. The molecule has 0 radical (unpaired) electrons. The molecule has 0 saturated carbocycles. The summed E-state index contributed by atoms with van der Waals surface area (Å²) in [6.07, 6.45) is 1.62. The second-order valence-corrected chi connectivity index (χ2v) is 10.3. The molecule has 1 aliphatic heterocycles. The lowest BCUT2D eigenvalue weighted by atomic mass is 10.1. The Balaban J connectivity index is 1.43. The third kappa shape index (κ3) is 6.43. The number of rotatable bonds is 9. The van der Waals surface area contributed by atoms with E-state index in [2.05, 4.69) is 15.9 Å². The summed E-state index contributed by atoms with van der Waals surface area (Å²) in [6, 6.07) is 18.8. The second-order valence-electron chi connectivity index (χ2n) is 7.95. The van der Waals surface area contributed by atoms with Crippen LogP contribution >= 0.6 is 39.3 Å². The van der Waals surface area contributed by atoms with E-state index in [1.807, 2.05) is 55.5 Å². The zero-order chi connectivity index (χ0) is 25.7. The quantitative estimate of drug-likeness (QED) is 0.248. The molecule has 0 aliphatic carbocycles. The van der Waals surface area contributed by atoms with E-state index in [9.17, 15) is 9.59 Å². The molecule has 0 spiro atoms. The van der Waals surface area contributed by atoms with Crippen molar-refractivity contribution in [2.75, 3.05) is 20.3 Å². The van der Waals surface area contributed by atoms with Crippen LogP contribution in [0.4, 0.5) is 4.79 Å². The Bertz CT molecular complexity index is 1310. The molecule has 186 valence electrons. The first kappa shape index (κ1) is 26.1. The largest absolute Gasteiger partial charge is 0.493 e. The smallest absolute Gasteiger partial charge is 0.293 e. The van der Waals surface area contributed by atoms with E-state index in [-0.39, 0.29) is 24.3 Å². The summed E-state index contributed by atoms with van der Waals surface area (Å²) in [7, 11) is 1.52. The monoisotopic (exact) mass is 587 g/mol. The molecular formula is C27H23BrClNO5S. The van der Waals surface area contributed by atoms with Crippen LogP contribution in [0.2, 0.25) is 5.02 Å². The summed E-state index contributed by atoms with van der Waals surface area (Å²) >= 11 is 10.8.